The molecule has 0 amide bonds. The van der Waals surface area contributed by atoms with Crippen molar-refractivity contribution in [2.45, 2.75) is 26.9 Å². The van der Waals surface area contributed by atoms with Gasteiger partial charge in [0.25, 0.3) is 0 Å². The van der Waals surface area contributed by atoms with Crippen molar-refractivity contribution in [2.24, 2.45) is 5.92 Å². The standard InChI is InChI=1S/C10H14O3S/c1-5-4-8(7(3)14-5)9(11)6(2)10(12)13/h4,6,9,11H,1-3H3,(H,12,13). The van der Waals surface area contributed by atoms with Gasteiger partial charge in [0.2, 0.25) is 0 Å². The third-order valence-electron chi connectivity index (χ3n) is 2.26. The van der Waals surface area contributed by atoms with E-state index in [4.69, 9.17) is 5.11 Å². The van der Waals surface area contributed by atoms with Crippen LogP contribution in [0.15, 0.2) is 6.07 Å². The summed E-state index contributed by atoms with van der Waals surface area (Å²) >= 11 is 1.57. The summed E-state index contributed by atoms with van der Waals surface area (Å²) in [6, 6.07) is 1.85. The largest absolute Gasteiger partial charge is 0.481 e. The minimum absolute atomic E-state index is 0.738. The molecule has 1 aromatic heterocycles. The van der Waals surface area contributed by atoms with E-state index in [0.717, 1.165) is 15.3 Å². The molecule has 2 atom stereocenters. The van der Waals surface area contributed by atoms with Crippen molar-refractivity contribution in [2.75, 3.05) is 0 Å². The lowest BCUT2D eigenvalue weighted by atomic mass is 9.98. The predicted molar refractivity (Wildman–Crippen MR) is 55.6 cm³/mol. The quantitative estimate of drug-likeness (QED) is 0.810. The van der Waals surface area contributed by atoms with Crippen LogP contribution in [-0.4, -0.2) is 16.2 Å². The topological polar surface area (TPSA) is 57.5 Å². The van der Waals surface area contributed by atoms with E-state index in [0.29, 0.717) is 0 Å². The number of aliphatic hydroxyl groups is 1. The molecule has 3 nitrogen and oxygen atoms in total. The smallest absolute Gasteiger partial charge is 0.309 e. The summed E-state index contributed by atoms with van der Waals surface area (Å²) in [5.41, 5.74) is 0.738. The molecule has 0 aliphatic carbocycles. The zero-order valence-electron chi connectivity index (χ0n) is 8.44. The van der Waals surface area contributed by atoms with Crippen LogP contribution < -0.4 is 0 Å². The highest BCUT2D eigenvalue weighted by Gasteiger charge is 2.24. The summed E-state index contributed by atoms with van der Waals surface area (Å²) in [5, 5.41) is 18.5. The van der Waals surface area contributed by atoms with Crippen LogP contribution in [0.3, 0.4) is 0 Å². The number of aliphatic hydroxyl groups excluding tert-OH is 1. The van der Waals surface area contributed by atoms with Gasteiger partial charge in [-0.05, 0) is 32.4 Å². The third-order valence-corrected chi connectivity index (χ3v) is 3.24. The maximum Gasteiger partial charge on any atom is 0.309 e. The summed E-state index contributed by atoms with van der Waals surface area (Å²) in [5.74, 6) is -1.73. The number of carboxylic acid groups (broad SMARTS) is 1. The Morgan fingerprint density at radius 3 is 2.43 bits per heavy atom. The molecular weight excluding hydrogens is 200 g/mol. The van der Waals surface area contributed by atoms with E-state index >= 15 is 0 Å². The molecule has 1 rings (SSSR count). The van der Waals surface area contributed by atoms with Gasteiger partial charge in [-0.3, -0.25) is 4.79 Å². The van der Waals surface area contributed by atoms with E-state index in [1.165, 1.54) is 6.92 Å². The fourth-order valence-corrected chi connectivity index (χ4v) is 2.31. The lowest BCUT2D eigenvalue weighted by molar-refractivity contribution is -0.145. The van der Waals surface area contributed by atoms with Gasteiger partial charge in [0.1, 0.15) is 0 Å². The molecule has 0 saturated carbocycles. The molecule has 0 bridgehead atoms. The van der Waals surface area contributed by atoms with E-state index in [1.807, 2.05) is 19.9 Å². The predicted octanol–water partition coefficient (Wildman–Crippen LogP) is 2.12. The number of aryl methyl sites for hydroxylation is 2. The number of hydrogen-bond acceptors (Lipinski definition) is 3. The molecule has 78 valence electrons. The van der Waals surface area contributed by atoms with Gasteiger partial charge in [0, 0.05) is 9.75 Å². The van der Waals surface area contributed by atoms with E-state index in [2.05, 4.69) is 0 Å². The van der Waals surface area contributed by atoms with Crippen molar-refractivity contribution in [3.05, 3.63) is 21.4 Å². The summed E-state index contributed by atoms with van der Waals surface area (Å²) in [6.45, 7) is 5.35. The third kappa shape index (κ3) is 2.13. The Kier molecular flexibility index (Phi) is 3.29. The second kappa shape index (κ2) is 4.11. The van der Waals surface area contributed by atoms with Gasteiger partial charge in [-0.25, -0.2) is 0 Å². The Balaban J connectivity index is 2.94. The first-order valence-electron chi connectivity index (χ1n) is 4.41. The fourth-order valence-electron chi connectivity index (χ4n) is 1.35. The number of carboxylic acids is 1. The Labute approximate surface area is 87.0 Å². The minimum atomic E-state index is -0.972. The van der Waals surface area contributed by atoms with Crippen LogP contribution in [0.4, 0.5) is 0 Å². The summed E-state index contributed by atoms with van der Waals surface area (Å²) in [4.78, 5) is 12.8. The molecule has 1 aromatic rings. The highest BCUT2D eigenvalue weighted by molar-refractivity contribution is 7.12. The van der Waals surface area contributed by atoms with E-state index < -0.39 is 18.0 Å². The van der Waals surface area contributed by atoms with Gasteiger partial charge in [0.05, 0.1) is 12.0 Å². The van der Waals surface area contributed by atoms with Gasteiger partial charge in [0.15, 0.2) is 0 Å². The average Bonchev–Trinajstić information content (AvgIpc) is 2.42. The number of hydrogen-bond donors (Lipinski definition) is 2. The molecule has 0 fully saturated rings. The SMILES string of the molecule is Cc1cc(C(O)C(C)C(=O)O)c(C)s1. The molecule has 14 heavy (non-hydrogen) atoms. The second-order valence-corrected chi connectivity index (χ2v) is 4.90. The lowest BCUT2D eigenvalue weighted by Crippen LogP contribution is -2.18. The molecule has 4 heteroatoms. The first-order chi connectivity index (χ1) is 6.43. The molecular formula is C10H14O3S. The van der Waals surface area contributed by atoms with Crippen LogP contribution in [0.25, 0.3) is 0 Å². The van der Waals surface area contributed by atoms with Gasteiger partial charge < -0.3 is 10.2 Å². The minimum Gasteiger partial charge on any atom is -0.481 e. The maximum atomic E-state index is 10.7. The number of rotatable bonds is 3. The normalized spacial score (nSPS) is 15.1. The van der Waals surface area contributed by atoms with Crippen molar-refractivity contribution in [1.29, 1.82) is 0 Å². The van der Waals surface area contributed by atoms with Crippen molar-refractivity contribution >= 4 is 17.3 Å². The first kappa shape index (κ1) is 11.2. The average molecular weight is 214 g/mol. The van der Waals surface area contributed by atoms with Crippen LogP contribution in [-0.2, 0) is 4.79 Å². The van der Waals surface area contributed by atoms with E-state index in [1.54, 1.807) is 11.3 Å². The zero-order chi connectivity index (χ0) is 10.9. The Hall–Kier alpha value is -0.870. The monoisotopic (exact) mass is 214 g/mol. The van der Waals surface area contributed by atoms with Gasteiger partial charge in [-0.1, -0.05) is 0 Å². The van der Waals surface area contributed by atoms with Crippen molar-refractivity contribution in [3.63, 3.8) is 0 Å². The highest BCUT2D eigenvalue weighted by Crippen LogP contribution is 2.30. The summed E-state index contributed by atoms with van der Waals surface area (Å²) in [7, 11) is 0. The molecule has 0 spiro atoms. The molecule has 2 unspecified atom stereocenters. The van der Waals surface area contributed by atoms with Gasteiger partial charge in [-0.2, -0.15) is 0 Å². The Morgan fingerprint density at radius 1 is 1.50 bits per heavy atom. The summed E-state index contributed by atoms with van der Waals surface area (Å²) in [6.07, 6.45) is -0.905. The second-order valence-electron chi connectivity index (χ2n) is 3.44. The van der Waals surface area contributed by atoms with Crippen LogP contribution in [0.5, 0.6) is 0 Å². The van der Waals surface area contributed by atoms with Crippen LogP contribution in [0.1, 0.15) is 28.3 Å². The number of aliphatic carboxylic acids is 1. The number of carbonyl (C=O) groups is 1. The lowest BCUT2D eigenvalue weighted by Gasteiger charge is -2.14. The molecule has 0 aliphatic rings. The fraction of sp³-hybridized carbons (Fsp3) is 0.500. The molecule has 0 saturated heterocycles. The zero-order valence-corrected chi connectivity index (χ0v) is 9.26. The van der Waals surface area contributed by atoms with Gasteiger partial charge in [-0.15, -0.1) is 11.3 Å². The Bertz CT molecular complexity index is 343. The Morgan fingerprint density at radius 2 is 2.07 bits per heavy atom. The van der Waals surface area contributed by atoms with E-state index in [-0.39, 0.29) is 0 Å². The van der Waals surface area contributed by atoms with Crippen LogP contribution >= 0.6 is 11.3 Å². The van der Waals surface area contributed by atoms with Crippen LogP contribution in [0.2, 0.25) is 0 Å². The van der Waals surface area contributed by atoms with E-state index in [9.17, 15) is 9.90 Å². The van der Waals surface area contributed by atoms with Crippen molar-refractivity contribution in [3.8, 4) is 0 Å². The molecule has 0 aliphatic heterocycles. The maximum absolute atomic E-state index is 10.7. The molecule has 0 radical (unpaired) electrons. The molecule has 0 aromatic carbocycles. The molecule has 1 heterocycles. The van der Waals surface area contributed by atoms with Crippen LogP contribution in [0, 0.1) is 19.8 Å². The molecule has 2 N–H and O–H groups in total. The van der Waals surface area contributed by atoms with Crippen molar-refractivity contribution < 1.29 is 15.0 Å². The first-order valence-corrected chi connectivity index (χ1v) is 5.23. The highest BCUT2D eigenvalue weighted by atomic mass is 32.1. The van der Waals surface area contributed by atoms with Crippen molar-refractivity contribution in [1.82, 2.24) is 0 Å². The summed E-state index contributed by atoms with van der Waals surface area (Å²) < 4.78 is 0. The van der Waals surface area contributed by atoms with Gasteiger partial charge >= 0.3 is 5.97 Å². The number of thiophene rings is 1.